The van der Waals surface area contributed by atoms with Crippen molar-refractivity contribution in [2.24, 2.45) is 0 Å². The minimum Gasteiger partial charge on any atom is -0.383 e. The number of nitrogens with two attached hydrogens (primary N) is 1. The quantitative estimate of drug-likeness (QED) is 0.537. The van der Waals surface area contributed by atoms with Crippen molar-refractivity contribution in [2.45, 2.75) is 58.7 Å². The summed E-state index contributed by atoms with van der Waals surface area (Å²) in [6, 6.07) is 6.76. The summed E-state index contributed by atoms with van der Waals surface area (Å²) < 4.78 is 16.6. The third-order valence-corrected chi connectivity index (χ3v) is 6.56. The zero-order chi connectivity index (χ0) is 25.3. The van der Waals surface area contributed by atoms with Crippen LogP contribution in [0.25, 0.3) is 11.0 Å². The van der Waals surface area contributed by atoms with Gasteiger partial charge in [-0.1, -0.05) is 30.2 Å². The Kier molecular flexibility index (Phi) is 6.53. The van der Waals surface area contributed by atoms with Crippen molar-refractivity contribution >= 4 is 22.8 Å². The highest BCUT2D eigenvalue weighted by atomic mass is 19.1. The van der Waals surface area contributed by atoms with E-state index in [9.17, 15) is 9.18 Å². The van der Waals surface area contributed by atoms with Gasteiger partial charge in [0.25, 0.3) is 5.91 Å². The molecule has 0 radical (unpaired) electrons. The van der Waals surface area contributed by atoms with Crippen LogP contribution in [-0.4, -0.2) is 37.9 Å². The van der Waals surface area contributed by atoms with E-state index in [4.69, 9.17) is 5.73 Å². The standard InChI is InChI=1S/C27H31FN6O/c1-6-10-21-22(26(35)32-27(4,5)19-11-8-9-12-20(19)28)23-24(29)30-16-31-25(23)34(21)18-14-17(3)33(15-18)13-7-2/h7-9,11-13,16-18H,14-15H2,1-5H3,(H,32,35)(H2,29,30,31)/t17-,18+/m0/s1. The van der Waals surface area contributed by atoms with Gasteiger partial charge in [-0.15, -0.1) is 0 Å². The van der Waals surface area contributed by atoms with Gasteiger partial charge < -0.3 is 20.5 Å². The van der Waals surface area contributed by atoms with Crippen LogP contribution in [0.2, 0.25) is 0 Å². The molecule has 8 heteroatoms. The number of fused-ring (bicyclic) bond motifs is 1. The van der Waals surface area contributed by atoms with Gasteiger partial charge in [0.05, 0.1) is 22.5 Å². The average molecular weight is 475 g/mol. The summed E-state index contributed by atoms with van der Waals surface area (Å²) in [5.74, 6) is 5.50. The first-order valence-electron chi connectivity index (χ1n) is 11.7. The van der Waals surface area contributed by atoms with E-state index < -0.39 is 11.4 Å². The largest absolute Gasteiger partial charge is 0.383 e. The summed E-state index contributed by atoms with van der Waals surface area (Å²) >= 11 is 0. The summed E-state index contributed by atoms with van der Waals surface area (Å²) in [6.07, 6.45) is 6.36. The highest BCUT2D eigenvalue weighted by Gasteiger charge is 2.36. The molecule has 1 fully saturated rings. The van der Waals surface area contributed by atoms with Gasteiger partial charge in [-0.25, -0.2) is 14.4 Å². The molecule has 0 spiro atoms. The minimum absolute atomic E-state index is 0.0370. The fourth-order valence-corrected chi connectivity index (χ4v) is 4.97. The number of likely N-dealkylation sites (tertiary alicyclic amines) is 1. The summed E-state index contributed by atoms with van der Waals surface area (Å²) in [6.45, 7) is 10.2. The average Bonchev–Trinajstić information content (AvgIpc) is 3.32. The molecule has 1 saturated heterocycles. The van der Waals surface area contributed by atoms with E-state index in [-0.39, 0.29) is 17.7 Å². The van der Waals surface area contributed by atoms with E-state index in [2.05, 4.69) is 45.1 Å². The number of aromatic nitrogens is 3. The van der Waals surface area contributed by atoms with Crippen LogP contribution in [-0.2, 0) is 5.54 Å². The summed E-state index contributed by atoms with van der Waals surface area (Å²) in [5, 5.41) is 3.46. The van der Waals surface area contributed by atoms with Gasteiger partial charge in [0.2, 0.25) is 0 Å². The Balaban J connectivity index is 1.87. The van der Waals surface area contributed by atoms with E-state index in [0.717, 1.165) is 13.0 Å². The molecule has 1 amide bonds. The van der Waals surface area contributed by atoms with Crippen molar-refractivity contribution in [2.75, 3.05) is 12.3 Å². The number of nitrogens with zero attached hydrogens (tertiary/aromatic N) is 4. The Bertz CT molecular complexity index is 1360. The Morgan fingerprint density at radius 3 is 2.74 bits per heavy atom. The number of allylic oxidation sites excluding steroid dienone is 1. The number of hydrogen-bond acceptors (Lipinski definition) is 5. The number of carbonyl (C=O) groups is 1. The maximum atomic E-state index is 14.6. The minimum atomic E-state index is -0.983. The SMILES string of the molecule is CC#Cc1c(C(=O)NC(C)(C)c2ccccc2F)c2c(N)ncnc2n1[C@@H]1C[C@H](C)N(C=CC)C1. The Morgan fingerprint density at radius 2 is 2.06 bits per heavy atom. The first-order chi connectivity index (χ1) is 16.7. The van der Waals surface area contributed by atoms with Crippen molar-refractivity contribution in [1.82, 2.24) is 24.8 Å². The molecule has 3 aromatic rings. The lowest BCUT2D eigenvalue weighted by Gasteiger charge is -2.27. The molecule has 3 N–H and O–H groups in total. The lowest BCUT2D eigenvalue weighted by Crippen LogP contribution is -2.42. The van der Waals surface area contributed by atoms with Crippen LogP contribution < -0.4 is 11.1 Å². The highest BCUT2D eigenvalue weighted by Crippen LogP contribution is 2.36. The first-order valence-corrected chi connectivity index (χ1v) is 11.7. The maximum Gasteiger partial charge on any atom is 0.255 e. The van der Waals surface area contributed by atoms with Gasteiger partial charge in [0.15, 0.2) is 0 Å². The molecule has 7 nitrogen and oxygen atoms in total. The van der Waals surface area contributed by atoms with Crippen LogP contribution in [0, 0.1) is 17.7 Å². The van der Waals surface area contributed by atoms with Crippen LogP contribution >= 0.6 is 0 Å². The highest BCUT2D eigenvalue weighted by molar-refractivity contribution is 6.12. The van der Waals surface area contributed by atoms with Gasteiger partial charge in [-0.3, -0.25) is 4.79 Å². The number of anilines is 1. The number of halogens is 1. The summed E-state index contributed by atoms with van der Waals surface area (Å²) in [7, 11) is 0. The zero-order valence-corrected chi connectivity index (χ0v) is 20.8. The zero-order valence-electron chi connectivity index (χ0n) is 20.8. The number of nitrogen functional groups attached to an aromatic ring is 1. The molecule has 0 bridgehead atoms. The number of carbonyl (C=O) groups excluding carboxylic acids is 1. The van der Waals surface area contributed by atoms with Crippen LogP contribution in [0.4, 0.5) is 10.2 Å². The molecular weight excluding hydrogens is 443 g/mol. The Morgan fingerprint density at radius 1 is 1.31 bits per heavy atom. The predicted octanol–water partition coefficient (Wildman–Crippen LogP) is 4.36. The van der Waals surface area contributed by atoms with Gasteiger partial charge >= 0.3 is 0 Å². The normalized spacial score (nSPS) is 18.2. The van der Waals surface area contributed by atoms with Crippen LogP contribution in [0.1, 0.15) is 68.7 Å². The van der Waals surface area contributed by atoms with Gasteiger partial charge in [-0.05, 0) is 59.2 Å². The lowest BCUT2D eigenvalue weighted by atomic mass is 9.93. The van der Waals surface area contributed by atoms with E-state index >= 15 is 0 Å². The second-order valence-electron chi connectivity index (χ2n) is 9.40. The van der Waals surface area contributed by atoms with Crippen molar-refractivity contribution < 1.29 is 9.18 Å². The lowest BCUT2D eigenvalue weighted by molar-refractivity contribution is 0.0912. The van der Waals surface area contributed by atoms with Crippen LogP contribution in [0.3, 0.4) is 0 Å². The molecule has 182 valence electrons. The first kappa shape index (κ1) is 24.3. The third-order valence-electron chi connectivity index (χ3n) is 6.56. The molecule has 2 atom stereocenters. The number of benzene rings is 1. The van der Waals surface area contributed by atoms with Gasteiger partial charge in [-0.2, -0.15) is 0 Å². The third kappa shape index (κ3) is 4.34. The fraction of sp³-hybridized carbons (Fsp3) is 0.370. The molecular formula is C27H31FN6O. The Hall–Kier alpha value is -3.86. The van der Waals surface area contributed by atoms with Crippen molar-refractivity contribution in [3.63, 3.8) is 0 Å². The molecule has 1 aromatic carbocycles. The number of amides is 1. The van der Waals surface area contributed by atoms with Gasteiger partial charge in [0.1, 0.15) is 29.3 Å². The molecule has 0 aliphatic carbocycles. The maximum absolute atomic E-state index is 14.6. The monoisotopic (exact) mass is 474 g/mol. The van der Waals surface area contributed by atoms with E-state index in [0.29, 0.717) is 33.9 Å². The summed E-state index contributed by atoms with van der Waals surface area (Å²) in [5.41, 5.74) is 7.13. The molecule has 1 aliphatic rings. The molecule has 1 aliphatic heterocycles. The van der Waals surface area contributed by atoms with E-state index in [1.54, 1.807) is 39.0 Å². The fourth-order valence-electron chi connectivity index (χ4n) is 4.97. The molecule has 35 heavy (non-hydrogen) atoms. The van der Waals surface area contributed by atoms with E-state index in [1.165, 1.54) is 12.4 Å². The molecule has 3 heterocycles. The van der Waals surface area contributed by atoms with Crippen LogP contribution in [0.15, 0.2) is 42.9 Å². The molecule has 2 aromatic heterocycles. The van der Waals surface area contributed by atoms with E-state index in [1.807, 2.05) is 17.6 Å². The topological polar surface area (TPSA) is 89.1 Å². The number of hydrogen-bond donors (Lipinski definition) is 2. The Labute approximate surface area is 205 Å². The molecule has 4 rings (SSSR count). The predicted molar refractivity (Wildman–Crippen MR) is 136 cm³/mol. The number of nitrogens with one attached hydrogen (secondary N) is 1. The van der Waals surface area contributed by atoms with Crippen molar-refractivity contribution in [3.05, 3.63) is 65.5 Å². The number of rotatable bonds is 5. The second-order valence-corrected chi connectivity index (χ2v) is 9.40. The van der Waals surface area contributed by atoms with Gasteiger partial charge in [0, 0.05) is 18.2 Å². The summed E-state index contributed by atoms with van der Waals surface area (Å²) in [4.78, 5) is 24.8. The van der Waals surface area contributed by atoms with Crippen molar-refractivity contribution in [1.29, 1.82) is 0 Å². The second kappa shape index (κ2) is 9.41. The van der Waals surface area contributed by atoms with Crippen molar-refractivity contribution in [3.8, 4) is 11.8 Å². The van der Waals surface area contributed by atoms with Crippen LogP contribution in [0.5, 0.6) is 0 Å². The molecule has 0 unspecified atom stereocenters. The smallest absolute Gasteiger partial charge is 0.255 e. The molecule has 0 saturated carbocycles.